The topological polar surface area (TPSA) is 41.1 Å². The van der Waals surface area contributed by atoms with Gasteiger partial charge in [0.25, 0.3) is 0 Å². The molecule has 1 aromatic rings. The molecule has 2 rings (SSSR count). The van der Waals surface area contributed by atoms with Gasteiger partial charge in [0.1, 0.15) is 0 Å². The number of aryl methyl sites for hydroxylation is 2. The molecule has 4 heteroatoms. The standard InChI is InChI=1S/C14H19BrN2O/c1-9-6-12(7-10(2)13(9)15)17-14(18)11-4-3-5-16-8-11/h6-7,11,16H,3-5,8H2,1-2H3,(H,17,18). The first kappa shape index (κ1) is 13.6. The van der Waals surface area contributed by atoms with Gasteiger partial charge >= 0.3 is 0 Å². The molecule has 1 saturated heterocycles. The van der Waals surface area contributed by atoms with Crippen molar-refractivity contribution in [1.82, 2.24) is 5.32 Å². The third-order valence-electron chi connectivity index (χ3n) is 3.37. The fourth-order valence-corrected chi connectivity index (χ4v) is 2.57. The second-order valence-electron chi connectivity index (χ2n) is 4.96. The van der Waals surface area contributed by atoms with Crippen molar-refractivity contribution in [3.05, 3.63) is 27.7 Å². The van der Waals surface area contributed by atoms with Crippen LogP contribution in [-0.2, 0) is 4.79 Å². The number of hydrogen-bond donors (Lipinski definition) is 2. The molecule has 0 radical (unpaired) electrons. The van der Waals surface area contributed by atoms with Crippen LogP contribution in [0.15, 0.2) is 16.6 Å². The van der Waals surface area contributed by atoms with Gasteiger partial charge in [0.05, 0.1) is 5.92 Å². The Morgan fingerprint density at radius 2 is 2.06 bits per heavy atom. The fourth-order valence-electron chi connectivity index (χ4n) is 2.34. The van der Waals surface area contributed by atoms with Gasteiger partial charge < -0.3 is 10.6 Å². The minimum atomic E-state index is 0.100. The van der Waals surface area contributed by atoms with E-state index in [0.717, 1.165) is 47.2 Å². The van der Waals surface area contributed by atoms with Gasteiger partial charge in [0.15, 0.2) is 0 Å². The number of carbonyl (C=O) groups excluding carboxylic acids is 1. The molecule has 0 aromatic heterocycles. The Bertz CT molecular complexity index is 430. The van der Waals surface area contributed by atoms with Crippen molar-refractivity contribution in [3.63, 3.8) is 0 Å². The number of amides is 1. The maximum Gasteiger partial charge on any atom is 0.228 e. The molecule has 1 aliphatic heterocycles. The summed E-state index contributed by atoms with van der Waals surface area (Å²) in [5.74, 6) is 0.228. The van der Waals surface area contributed by atoms with Crippen LogP contribution in [0.1, 0.15) is 24.0 Å². The molecule has 1 heterocycles. The van der Waals surface area contributed by atoms with Crippen molar-refractivity contribution in [3.8, 4) is 0 Å². The Morgan fingerprint density at radius 3 is 2.61 bits per heavy atom. The number of piperidine rings is 1. The van der Waals surface area contributed by atoms with Crippen molar-refractivity contribution in [2.75, 3.05) is 18.4 Å². The molecule has 1 aliphatic rings. The van der Waals surface area contributed by atoms with Crippen LogP contribution >= 0.6 is 15.9 Å². The lowest BCUT2D eigenvalue weighted by Crippen LogP contribution is -2.37. The molecule has 1 amide bonds. The molecular formula is C14H19BrN2O. The molecule has 0 bridgehead atoms. The molecule has 0 spiro atoms. The summed E-state index contributed by atoms with van der Waals surface area (Å²) < 4.78 is 1.11. The molecule has 2 N–H and O–H groups in total. The zero-order chi connectivity index (χ0) is 13.1. The van der Waals surface area contributed by atoms with Crippen LogP contribution in [0, 0.1) is 19.8 Å². The number of anilines is 1. The van der Waals surface area contributed by atoms with Crippen molar-refractivity contribution in [1.29, 1.82) is 0 Å². The lowest BCUT2D eigenvalue weighted by molar-refractivity contribution is -0.120. The van der Waals surface area contributed by atoms with Crippen molar-refractivity contribution >= 4 is 27.5 Å². The van der Waals surface area contributed by atoms with E-state index in [4.69, 9.17) is 0 Å². The van der Waals surface area contributed by atoms with E-state index in [-0.39, 0.29) is 11.8 Å². The first-order valence-corrected chi connectivity index (χ1v) is 7.15. The van der Waals surface area contributed by atoms with E-state index in [1.807, 2.05) is 26.0 Å². The summed E-state index contributed by atoms with van der Waals surface area (Å²) in [5, 5.41) is 6.29. The Balaban J connectivity index is 2.06. The van der Waals surface area contributed by atoms with E-state index >= 15 is 0 Å². The molecule has 1 atom stereocenters. The summed E-state index contributed by atoms with van der Waals surface area (Å²) >= 11 is 3.53. The number of benzene rings is 1. The lowest BCUT2D eigenvalue weighted by atomic mass is 9.98. The minimum Gasteiger partial charge on any atom is -0.326 e. The van der Waals surface area contributed by atoms with Crippen LogP contribution in [0.3, 0.4) is 0 Å². The highest BCUT2D eigenvalue weighted by Gasteiger charge is 2.21. The quantitative estimate of drug-likeness (QED) is 0.881. The van der Waals surface area contributed by atoms with Gasteiger partial charge in [-0.15, -0.1) is 0 Å². The maximum absolute atomic E-state index is 12.1. The highest BCUT2D eigenvalue weighted by Crippen LogP contribution is 2.25. The van der Waals surface area contributed by atoms with Crippen molar-refractivity contribution in [2.45, 2.75) is 26.7 Å². The molecule has 1 fully saturated rings. The van der Waals surface area contributed by atoms with Gasteiger partial charge in [-0.2, -0.15) is 0 Å². The summed E-state index contributed by atoms with van der Waals surface area (Å²) in [6.07, 6.45) is 2.06. The van der Waals surface area contributed by atoms with E-state index in [9.17, 15) is 4.79 Å². The highest BCUT2D eigenvalue weighted by molar-refractivity contribution is 9.10. The molecule has 0 saturated carbocycles. The number of carbonyl (C=O) groups is 1. The summed E-state index contributed by atoms with van der Waals surface area (Å²) in [4.78, 5) is 12.1. The van der Waals surface area contributed by atoms with Gasteiger partial charge in [-0.25, -0.2) is 0 Å². The molecule has 18 heavy (non-hydrogen) atoms. The second-order valence-corrected chi connectivity index (χ2v) is 5.75. The first-order valence-electron chi connectivity index (χ1n) is 6.36. The van der Waals surface area contributed by atoms with Crippen molar-refractivity contribution < 1.29 is 4.79 Å². The number of halogens is 1. The lowest BCUT2D eigenvalue weighted by Gasteiger charge is -2.22. The third-order valence-corrected chi connectivity index (χ3v) is 4.62. The van der Waals surface area contributed by atoms with Crippen LogP contribution in [0.25, 0.3) is 0 Å². The molecule has 0 aliphatic carbocycles. The van der Waals surface area contributed by atoms with Crippen LogP contribution in [-0.4, -0.2) is 19.0 Å². The molecule has 1 unspecified atom stereocenters. The summed E-state index contributed by atoms with van der Waals surface area (Å²) in [7, 11) is 0. The van der Waals surface area contributed by atoms with Gasteiger partial charge in [-0.1, -0.05) is 15.9 Å². The third kappa shape index (κ3) is 3.12. The molecule has 1 aromatic carbocycles. The summed E-state index contributed by atoms with van der Waals surface area (Å²) in [6, 6.07) is 4.01. The molecular weight excluding hydrogens is 292 g/mol. The van der Waals surface area contributed by atoms with E-state index in [1.165, 1.54) is 0 Å². The largest absolute Gasteiger partial charge is 0.326 e. The summed E-state index contributed by atoms with van der Waals surface area (Å²) in [6.45, 7) is 5.89. The van der Waals surface area contributed by atoms with Crippen LogP contribution in [0.5, 0.6) is 0 Å². The normalized spacial score (nSPS) is 19.6. The monoisotopic (exact) mass is 310 g/mol. The smallest absolute Gasteiger partial charge is 0.228 e. The summed E-state index contributed by atoms with van der Waals surface area (Å²) in [5.41, 5.74) is 3.18. The van der Waals surface area contributed by atoms with Crippen LogP contribution in [0.2, 0.25) is 0 Å². The van der Waals surface area contributed by atoms with E-state index in [2.05, 4.69) is 26.6 Å². The number of hydrogen-bond acceptors (Lipinski definition) is 2. The van der Waals surface area contributed by atoms with E-state index in [1.54, 1.807) is 0 Å². The van der Waals surface area contributed by atoms with Crippen molar-refractivity contribution in [2.24, 2.45) is 5.92 Å². The van der Waals surface area contributed by atoms with Gasteiger partial charge in [0.2, 0.25) is 5.91 Å². The van der Waals surface area contributed by atoms with E-state index < -0.39 is 0 Å². The highest BCUT2D eigenvalue weighted by atomic mass is 79.9. The Kier molecular flexibility index (Phi) is 4.40. The minimum absolute atomic E-state index is 0.100. The second kappa shape index (κ2) is 5.85. The Labute approximate surface area is 116 Å². The average Bonchev–Trinajstić information content (AvgIpc) is 2.37. The Morgan fingerprint density at radius 1 is 1.39 bits per heavy atom. The number of rotatable bonds is 2. The van der Waals surface area contributed by atoms with Gasteiger partial charge in [-0.05, 0) is 56.5 Å². The molecule has 98 valence electrons. The van der Waals surface area contributed by atoms with Crippen LogP contribution in [0.4, 0.5) is 5.69 Å². The predicted molar refractivity (Wildman–Crippen MR) is 77.8 cm³/mol. The maximum atomic E-state index is 12.1. The SMILES string of the molecule is Cc1cc(NC(=O)C2CCCNC2)cc(C)c1Br. The van der Waals surface area contributed by atoms with Gasteiger partial charge in [-0.3, -0.25) is 4.79 Å². The first-order chi connectivity index (χ1) is 8.58. The predicted octanol–water partition coefficient (Wildman–Crippen LogP) is 3.00. The fraction of sp³-hybridized carbons (Fsp3) is 0.500. The van der Waals surface area contributed by atoms with Crippen LogP contribution < -0.4 is 10.6 Å². The average molecular weight is 311 g/mol. The van der Waals surface area contributed by atoms with E-state index in [0.29, 0.717) is 0 Å². The zero-order valence-corrected chi connectivity index (χ0v) is 12.4. The molecule has 3 nitrogen and oxygen atoms in total. The number of nitrogens with one attached hydrogen (secondary N) is 2. The zero-order valence-electron chi connectivity index (χ0n) is 10.8. The Hall–Kier alpha value is -0.870. The van der Waals surface area contributed by atoms with Gasteiger partial charge in [0, 0.05) is 16.7 Å².